The quantitative estimate of drug-likeness (QED) is 0.392. The lowest BCUT2D eigenvalue weighted by Crippen LogP contribution is -2.47. The number of rotatable bonds is 7. The second kappa shape index (κ2) is 14.5. The molecular formula is C34H43N5O3. The molecule has 4 bridgehead atoms. The Labute approximate surface area is 250 Å². The zero-order valence-electron chi connectivity index (χ0n) is 25.2. The van der Waals surface area contributed by atoms with Gasteiger partial charge < -0.3 is 14.4 Å². The normalized spacial score (nSPS) is 17.5. The Morgan fingerprint density at radius 1 is 1.00 bits per heavy atom. The van der Waals surface area contributed by atoms with Crippen LogP contribution >= 0.6 is 0 Å². The van der Waals surface area contributed by atoms with Crippen LogP contribution in [-0.4, -0.2) is 84.7 Å². The van der Waals surface area contributed by atoms with Crippen molar-refractivity contribution in [2.24, 2.45) is 0 Å². The lowest BCUT2D eigenvalue weighted by Gasteiger charge is -2.33. The molecule has 0 radical (unpaired) electrons. The number of ether oxygens (including phenoxy) is 2. The monoisotopic (exact) mass is 569 g/mol. The molecule has 0 atom stereocenters. The van der Waals surface area contributed by atoms with E-state index in [9.17, 15) is 4.79 Å². The summed E-state index contributed by atoms with van der Waals surface area (Å²) in [4.78, 5) is 29.7. The van der Waals surface area contributed by atoms with Crippen LogP contribution in [0.15, 0.2) is 60.8 Å². The average molecular weight is 570 g/mol. The van der Waals surface area contributed by atoms with E-state index in [1.807, 2.05) is 30.4 Å². The number of fused-ring (bicyclic) bond motifs is 4. The molecular weight excluding hydrogens is 526 g/mol. The highest BCUT2D eigenvalue weighted by molar-refractivity contribution is 5.94. The number of hydrogen-bond acceptors (Lipinski definition) is 7. The smallest absolute Gasteiger partial charge is 0.232 e. The Hall–Kier alpha value is -3.59. The molecule has 42 heavy (non-hydrogen) atoms. The lowest BCUT2D eigenvalue weighted by atomic mass is 9.99. The van der Waals surface area contributed by atoms with Crippen LogP contribution in [0.3, 0.4) is 0 Å². The summed E-state index contributed by atoms with van der Waals surface area (Å²) in [5, 5.41) is 0. The van der Waals surface area contributed by atoms with Crippen LogP contribution in [0.25, 0.3) is 0 Å². The number of aromatic nitrogens is 2. The van der Waals surface area contributed by atoms with Gasteiger partial charge in [-0.3, -0.25) is 14.6 Å². The zero-order chi connectivity index (χ0) is 29.3. The van der Waals surface area contributed by atoms with Gasteiger partial charge in [0.05, 0.1) is 19.6 Å². The number of aryl methyl sites for hydroxylation is 2. The van der Waals surface area contributed by atoms with E-state index in [1.54, 1.807) is 11.1 Å². The molecule has 1 amide bonds. The third-order valence-corrected chi connectivity index (χ3v) is 8.23. The summed E-state index contributed by atoms with van der Waals surface area (Å²) in [6.07, 6.45) is 6.56. The molecule has 1 saturated heterocycles. The van der Waals surface area contributed by atoms with E-state index in [0.717, 1.165) is 72.8 Å². The van der Waals surface area contributed by atoms with Gasteiger partial charge in [-0.05, 0) is 60.8 Å². The van der Waals surface area contributed by atoms with Gasteiger partial charge in [0, 0.05) is 57.4 Å². The first kappa shape index (κ1) is 29.9. The Morgan fingerprint density at radius 3 is 2.57 bits per heavy atom. The number of carbonyl (C=O) groups excluding carboxylic acids is 1. The van der Waals surface area contributed by atoms with E-state index >= 15 is 0 Å². The number of carbonyl (C=O) groups is 1. The van der Waals surface area contributed by atoms with E-state index in [-0.39, 0.29) is 5.91 Å². The first-order valence-electron chi connectivity index (χ1n) is 15.1. The van der Waals surface area contributed by atoms with Crippen molar-refractivity contribution in [3.63, 3.8) is 0 Å². The molecule has 1 aromatic heterocycles. The number of hydrogen-bond donors (Lipinski definition) is 0. The number of piperazine rings is 1. The summed E-state index contributed by atoms with van der Waals surface area (Å²) in [7, 11) is 0. The molecule has 3 aromatic rings. The minimum atomic E-state index is 0.00532. The molecule has 0 N–H and O–H groups in total. The van der Waals surface area contributed by atoms with Crippen molar-refractivity contribution >= 4 is 11.7 Å². The standard InChI is InChI=1S/C34H43N5O3/c1-4-37-15-17-38(18-16-37)19-21-42-31-11-10-28-22-29(31)25-41-20-6-5-14-39(33-12-13-35-32(23-28)36-33)34(40)24-30-26(2)8-7-9-27(30)3/h5-13,22H,4,14-21,23-25H2,1-3H3/b6-5-. The minimum absolute atomic E-state index is 0.00532. The molecule has 0 unspecified atom stereocenters. The van der Waals surface area contributed by atoms with Gasteiger partial charge in [0.1, 0.15) is 24.0 Å². The first-order chi connectivity index (χ1) is 20.5. The summed E-state index contributed by atoms with van der Waals surface area (Å²) in [5.74, 6) is 2.15. The van der Waals surface area contributed by atoms with E-state index in [2.05, 4.69) is 59.8 Å². The Balaban J connectivity index is 1.30. The molecule has 0 aliphatic carbocycles. The fourth-order valence-corrected chi connectivity index (χ4v) is 5.60. The molecule has 0 saturated carbocycles. The molecule has 2 aromatic carbocycles. The van der Waals surface area contributed by atoms with Crippen molar-refractivity contribution < 1.29 is 14.3 Å². The fraction of sp³-hybridized carbons (Fsp3) is 0.441. The zero-order valence-corrected chi connectivity index (χ0v) is 25.2. The van der Waals surface area contributed by atoms with Crippen LogP contribution in [-0.2, 0) is 29.0 Å². The van der Waals surface area contributed by atoms with Crippen molar-refractivity contribution in [2.45, 2.75) is 40.2 Å². The highest BCUT2D eigenvalue weighted by atomic mass is 16.5. The van der Waals surface area contributed by atoms with Crippen LogP contribution < -0.4 is 9.64 Å². The summed E-state index contributed by atoms with van der Waals surface area (Å²) < 4.78 is 12.3. The molecule has 8 heteroatoms. The van der Waals surface area contributed by atoms with Gasteiger partial charge in [0.2, 0.25) is 5.91 Å². The first-order valence-corrected chi connectivity index (χ1v) is 15.1. The van der Waals surface area contributed by atoms with Gasteiger partial charge in [-0.25, -0.2) is 9.97 Å². The predicted octanol–water partition coefficient (Wildman–Crippen LogP) is 4.36. The van der Waals surface area contributed by atoms with Crippen LogP contribution in [0.2, 0.25) is 0 Å². The summed E-state index contributed by atoms with van der Waals surface area (Å²) in [6, 6.07) is 14.2. The number of nitrogens with zero attached hydrogens (tertiary/aromatic N) is 5. The van der Waals surface area contributed by atoms with Crippen LogP contribution in [0.4, 0.5) is 5.82 Å². The minimum Gasteiger partial charge on any atom is -0.492 e. The number of amides is 1. The second-order valence-electron chi connectivity index (χ2n) is 11.1. The maximum atomic E-state index is 13.6. The van der Waals surface area contributed by atoms with Crippen LogP contribution in [0.1, 0.15) is 40.6 Å². The maximum absolute atomic E-state index is 13.6. The van der Waals surface area contributed by atoms with E-state index in [1.165, 1.54) is 0 Å². The molecule has 1 fully saturated rings. The Bertz CT molecular complexity index is 1360. The van der Waals surface area contributed by atoms with Crippen molar-refractivity contribution in [3.05, 3.63) is 94.5 Å². The van der Waals surface area contributed by atoms with Gasteiger partial charge in [0.25, 0.3) is 0 Å². The third-order valence-electron chi connectivity index (χ3n) is 8.23. The summed E-state index contributed by atoms with van der Waals surface area (Å²) in [6.45, 7) is 14.7. The van der Waals surface area contributed by atoms with Gasteiger partial charge in [0.15, 0.2) is 0 Å². The predicted molar refractivity (Wildman–Crippen MR) is 166 cm³/mol. The largest absolute Gasteiger partial charge is 0.492 e. The Morgan fingerprint density at radius 2 is 1.79 bits per heavy atom. The van der Waals surface area contributed by atoms with Crippen molar-refractivity contribution in [3.8, 4) is 5.75 Å². The van der Waals surface area contributed by atoms with E-state index < -0.39 is 0 Å². The van der Waals surface area contributed by atoms with Gasteiger partial charge in [-0.15, -0.1) is 0 Å². The highest BCUT2D eigenvalue weighted by Gasteiger charge is 2.20. The van der Waals surface area contributed by atoms with Crippen molar-refractivity contribution in [1.29, 1.82) is 0 Å². The second-order valence-corrected chi connectivity index (χ2v) is 11.1. The van der Waals surface area contributed by atoms with Gasteiger partial charge >= 0.3 is 0 Å². The average Bonchev–Trinajstić information content (AvgIpc) is 2.99. The third kappa shape index (κ3) is 7.82. The Kier molecular flexibility index (Phi) is 10.3. The number of likely N-dealkylation sites (N-methyl/N-ethyl adjacent to an activating group) is 1. The molecule has 2 aliphatic heterocycles. The van der Waals surface area contributed by atoms with E-state index in [4.69, 9.17) is 14.5 Å². The van der Waals surface area contributed by atoms with Crippen molar-refractivity contribution in [2.75, 3.05) is 63.9 Å². The van der Waals surface area contributed by atoms with Gasteiger partial charge in [-0.1, -0.05) is 43.3 Å². The molecule has 222 valence electrons. The summed E-state index contributed by atoms with van der Waals surface area (Å²) in [5.41, 5.74) is 5.41. The fourth-order valence-electron chi connectivity index (χ4n) is 5.60. The molecule has 0 spiro atoms. The highest BCUT2D eigenvalue weighted by Crippen LogP contribution is 2.24. The SMILES string of the molecule is CCN1CCN(CCOc2ccc3cc2COC/C=C\CN(C(=O)Cc2c(C)cccc2C)c2ccnc(n2)C3)CC1. The van der Waals surface area contributed by atoms with E-state index in [0.29, 0.717) is 50.8 Å². The molecule has 8 nitrogen and oxygen atoms in total. The molecule has 5 rings (SSSR count). The number of anilines is 1. The van der Waals surface area contributed by atoms with Gasteiger partial charge in [-0.2, -0.15) is 0 Å². The topological polar surface area (TPSA) is 71.0 Å². The lowest BCUT2D eigenvalue weighted by molar-refractivity contribution is -0.117. The summed E-state index contributed by atoms with van der Waals surface area (Å²) >= 11 is 0. The molecule has 3 heterocycles. The maximum Gasteiger partial charge on any atom is 0.232 e. The number of benzene rings is 2. The van der Waals surface area contributed by atoms with Crippen molar-refractivity contribution in [1.82, 2.24) is 19.8 Å². The van der Waals surface area contributed by atoms with Crippen LogP contribution in [0, 0.1) is 13.8 Å². The molecule has 2 aliphatic rings. The van der Waals surface area contributed by atoms with Crippen LogP contribution in [0.5, 0.6) is 5.75 Å².